The first-order chi connectivity index (χ1) is 8.36. The van der Waals surface area contributed by atoms with Gasteiger partial charge in [0.2, 0.25) is 0 Å². The number of morpholine rings is 1. The van der Waals surface area contributed by atoms with Crippen LogP contribution in [0, 0.1) is 0 Å². The fraction of sp³-hybridized carbons (Fsp3) is 0.571. The third-order valence-electron chi connectivity index (χ3n) is 3.89. The molecule has 1 saturated heterocycles. The molecule has 1 heterocycles. The lowest BCUT2D eigenvalue weighted by Crippen LogP contribution is -2.52. The monoisotopic (exact) mass is 287 g/mol. The van der Waals surface area contributed by atoms with Crippen LogP contribution in [0.1, 0.15) is 25.7 Å². The number of para-hydroxylation sites is 1. The van der Waals surface area contributed by atoms with Gasteiger partial charge in [0.25, 0.3) is 0 Å². The van der Waals surface area contributed by atoms with Gasteiger partial charge < -0.3 is 9.64 Å². The number of fused-ring (bicyclic) bond motifs is 1. The molecule has 0 amide bonds. The highest BCUT2D eigenvalue weighted by Crippen LogP contribution is 2.35. The average Bonchev–Trinajstić information content (AvgIpc) is 2.39. The summed E-state index contributed by atoms with van der Waals surface area (Å²) in [6.07, 6.45) is 5.46. The Balaban J connectivity index is 0.00000120. The minimum absolute atomic E-state index is 0. The van der Waals surface area contributed by atoms with Crippen LogP contribution in [0.3, 0.4) is 0 Å². The van der Waals surface area contributed by atoms with Gasteiger partial charge in [0.05, 0.1) is 29.5 Å². The van der Waals surface area contributed by atoms with Crippen molar-refractivity contribution in [2.45, 2.75) is 37.8 Å². The van der Waals surface area contributed by atoms with Gasteiger partial charge in [-0.2, -0.15) is 0 Å². The van der Waals surface area contributed by atoms with Crippen molar-refractivity contribution in [3.63, 3.8) is 0 Å². The number of hydrogen-bond acceptors (Lipinski definition) is 2. The van der Waals surface area contributed by atoms with Crippen molar-refractivity contribution < 1.29 is 4.74 Å². The quantitative estimate of drug-likeness (QED) is 0.777. The number of halogens is 2. The van der Waals surface area contributed by atoms with E-state index in [2.05, 4.69) is 17.0 Å². The number of nitrogens with zero attached hydrogens (tertiary/aromatic N) is 1. The maximum atomic E-state index is 6.31. The van der Waals surface area contributed by atoms with Crippen molar-refractivity contribution >= 4 is 29.7 Å². The van der Waals surface area contributed by atoms with E-state index in [1.54, 1.807) is 0 Å². The van der Waals surface area contributed by atoms with Gasteiger partial charge in [-0.1, -0.05) is 36.6 Å². The minimum atomic E-state index is 0. The zero-order valence-electron chi connectivity index (χ0n) is 10.3. The SMILES string of the molecule is Cl.Clc1ccccc1N1CCO[C@H]2CCCC[C@@H]21. The predicted octanol–water partition coefficient (Wildman–Crippen LogP) is 3.91. The van der Waals surface area contributed by atoms with Crippen molar-refractivity contribution in [1.29, 1.82) is 0 Å². The Bertz CT molecular complexity index is 397. The number of benzene rings is 1. The summed E-state index contributed by atoms with van der Waals surface area (Å²) >= 11 is 6.31. The molecule has 2 fully saturated rings. The molecule has 0 N–H and O–H groups in total. The molecule has 3 rings (SSSR count). The molecule has 1 aliphatic heterocycles. The molecule has 2 aliphatic rings. The van der Waals surface area contributed by atoms with Crippen molar-refractivity contribution in [3.8, 4) is 0 Å². The third-order valence-corrected chi connectivity index (χ3v) is 4.21. The van der Waals surface area contributed by atoms with Crippen LogP contribution in [-0.4, -0.2) is 25.3 Å². The average molecular weight is 288 g/mol. The topological polar surface area (TPSA) is 12.5 Å². The summed E-state index contributed by atoms with van der Waals surface area (Å²) in [6, 6.07) is 8.68. The Hall–Kier alpha value is -0.440. The van der Waals surface area contributed by atoms with E-state index in [1.807, 2.05) is 12.1 Å². The smallest absolute Gasteiger partial charge is 0.0779 e. The summed E-state index contributed by atoms with van der Waals surface area (Å²) in [7, 11) is 0. The first-order valence-electron chi connectivity index (χ1n) is 6.49. The molecule has 2 atom stereocenters. The molecule has 100 valence electrons. The van der Waals surface area contributed by atoms with Gasteiger partial charge in [0.15, 0.2) is 0 Å². The van der Waals surface area contributed by atoms with E-state index >= 15 is 0 Å². The van der Waals surface area contributed by atoms with Crippen LogP contribution < -0.4 is 4.90 Å². The van der Waals surface area contributed by atoms with Crippen molar-refractivity contribution in [2.75, 3.05) is 18.1 Å². The largest absolute Gasteiger partial charge is 0.374 e. The van der Waals surface area contributed by atoms with Crippen LogP contribution in [0.15, 0.2) is 24.3 Å². The first kappa shape index (κ1) is 14.0. The molecule has 0 unspecified atom stereocenters. The Labute approximate surface area is 120 Å². The Morgan fingerprint density at radius 2 is 1.94 bits per heavy atom. The molecule has 1 aliphatic carbocycles. The number of ether oxygens (including phenoxy) is 1. The Morgan fingerprint density at radius 3 is 2.78 bits per heavy atom. The van der Waals surface area contributed by atoms with Crippen LogP contribution >= 0.6 is 24.0 Å². The van der Waals surface area contributed by atoms with E-state index in [0.717, 1.165) is 18.2 Å². The van der Waals surface area contributed by atoms with Gasteiger partial charge >= 0.3 is 0 Å². The number of hydrogen-bond donors (Lipinski definition) is 0. The van der Waals surface area contributed by atoms with Crippen molar-refractivity contribution in [3.05, 3.63) is 29.3 Å². The lowest BCUT2D eigenvalue weighted by molar-refractivity contribution is -0.00866. The van der Waals surface area contributed by atoms with Gasteiger partial charge in [-0.3, -0.25) is 0 Å². The second-order valence-electron chi connectivity index (χ2n) is 4.91. The lowest BCUT2D eigenvalue weighted by atomic mass is 9.90. The standard InChI is InChI=1S/C14H18ClNO.ClH/c15-11-5-1-2-6-12(11)16-9-10-17-14-8-4-3-7-13(14)16;/h1-2,5-6,13-14H,3-4,7-10H2;1H/t13-,14-;/m0./s1. The summed E-state index contributed by atoms with van der Waals surface area (Å²) in [4.78, 5) is 2.45. The third kappa shape index (κ3) is 2.61. The fourth-order valence-corrected chi connectivity index (χ4v) is 3.32. The first-order valence-corrected chi connectivity index (χ1v) is 6.87. The summed E-state index contributed by atoms with van der Waals surface area (Å²) < 4.78 is 5.89. The minimum Gasteiger partial charge on any atom is -0.374 e. The van der Waals surface area contributed by atoms with Crippen LogP contribution in [0.2, 0.25) is 5.02 Å². The van der Waals surface area contributed by atoms with Gasteiger partial charge in [-0.25, -0.2) is 0 Å². The molecule has 0 bridgehead atoms. The molecule has 0 aromatic heterocycles. The van der Waals surface area contributed by atoms with E-state index in [-0.39, 0.29) is 12.4 Å². The van der Waals surface area contributed by atoms with Crippen LogP contribution in [0.25, 0.3) is 0 Å². The van der Waals surface area contributed by atoms with Gasteiger partial charge in [-0.15, -0.1) is 12.4 Å². The summed E-state index contributed by atoms with van der Waals surface area (Å²) in [6.45, 7) is 1.79. The maximum Gasteiger partial charge on any atom is 0.0779 e. The molecule has 4 heteroatoms. The zero-order chi connectivity index (χ0) is 11.7. The van der Waals surface area contributed by atoms with Gasteiger partial charge in [0, 0.05) is 6.54 Å². The highest BCUT2D eigenvalue weighted by molar-refractivity contribution is 6.33. The highest BCUT2D eigenvalue weighted by atomic mass is 35.5. The molecule has 0 radical (unpaired) electrons. The van der Waals surface area contributed by atoms with Gasteiger partial charge in [0.1, 0.15) is 0 Å². The Morgan fingerprint density at radius 1 is 1.17 bits per heavy atom. The van der Waals surface area contributed by atoms with E-state index in [1.165, 1.54) is 31.4 Å². The van der Waals surface area contributed by atoms with E-state index < -0.39 is 0 Å². The normalized spacial score (nSPS) is 27.3. The second-order valence-corrected chi connectivity index (χ2v) is 5.31. The fourth-order valence-electron chi connectivity index (χ4n) is 3.08. The van der Waals surface area contributed by atoms with E-state index in [9.17, 15) is 0 Å². The summed E-state index contributed by atoms with van der Waals surface area (Å²) in [5.74, 6) is 0. The summed E-state index contributed by atoms with van der Waals surface area (Å²) in [5.41, 5.74) is 1.18. The molecule has 0 spiro atoms. The van der Waals surface area contributed by atoms with E-state index in [4.69, 9.17) is 16.3 Å². The second kappa shape index (κ2) is 6.14. The molecule has 2 nitrogen and oxygen atoms in total. The van der Waals surface area contributed by atoms with Crippen LogP contribution in [0.4, 0.5) is 5.69 Å². The molecule has 1 saturated carbocycles. The predicted molar refractivity (Wildman–Crippen MR) is 78.0 cm³/mol. The van der Waals surface area contributed by atoms with Crippen LogP contribution in [0.5, 0.6) is 0 Å². The molecule has 18 heavy (non-hydrogen) atoms. The highest BCUT2D eigenvalue weighted by Gasteiger charge is 2.34. The lowest BCUT2D eigenvalue weighted by Gasteiger charge is -2.45. The van der Waals surface area contributed by atoms with E-state index in [0.29, 0.717) is 12.1 Å². The van der Waals surface area contributed by atoms with Crippen LogP contribution in [-0.2, 0) is 4.74 Å². The molecule has 1 aromatic rings. The number of anilines is 1. The zero-order valence-corrected chi connectivity index (χ0v) is 11.9. The van der Waals surface area contributed by atoms with Crippen molar-refractivity contribution in [2.24, 2.45) is 0 Å². The summed E-state index contributed by atoms with van der Waals surface area (Å²) in [5, 5.41) is 0.860. The molecular weight excluding hydrogens is 269 g/mol. The molecular formula is C14H19Cl2NO. The molecule has 1 aromatic carbocycles. The maximum absolute atomic E-state index is 6.31. The van der Waals surface area contributed by atoms with Crippen molar-refractivity contribution in [1.82, 2.24) is 0 Å². The number of rotatable bonds is 1. The Kier molecular flexibility index (Phi) is 4.77. The van der Waals surface area contributed by atoms with Gasteiger partial charge in [-0.05, 0) is 25.0 Å².